The molecule has 2 aromatic carbocycles. The first-order valence-corrected chi connectivity index (χ1v) is 25.6. The van der Waals surface area contributed by atoms with Crippen molar-refractivity contribution >= 4 is 22.3 Å². The van der Waals surface area contributed by atoms with Crippen molar-refractivity contribution in [2.24, 2.45) is 5.92 Å². The Bertz CT molecular complexity index is 2300. The number of fused-ring (bicyclic) bond motifs is 2. The molecule has 0 saturated carbocycles. The van der Waals surface area contributed by atoms with E-state index in [0.29, 0.717) is 0 Å². The summed E-state index contributed by atoms with van der Waals surface area (Å²) >= 11 is 0. The van der Waals surface area contributed by atoms with Crippen LogP contribution in [0.25, 0.3) is 10.8 Å². The molecule has 0 radical (unpaired) electrons. The number of carbonyl (C=O) groups excluding carboxylic acids is 2. The second-order valence-corrected chi connectivity index (χ2v) is 21.3. The highest BCUT2D eigenvalue weighted by Gasteiger charge is 2.51. The van der Waals surface area contributed by atoms with Crippen molar-refractivity contribution in [1.29, 1.82) is 0 Å². The van der Waals surface area contributed by atoms with Gasteiger partial charge in [0, 0.05) is 51.2 Å². The molecule has 422 valence electrons. The predicted octanol–water partition coefficient (Wildman–Crippen LogP) is -0.558. The average molecular weight is 1070 g/mol. The number of aromatic hydroxyl groups is 2. The monoisotopic (exact) mass is 1070 g/mol. The number of methoxy groups -OCH3 is 1. The highest BCUT2D eigenvalue weighted by molar-refractivity contribution is 6.11. The lowest BCUT2D eigenvalue weighted by Crippen LogP contribution is -2.58. The summed E-state index contributed by atoms with van der Waals surface area (Å²) in [5.74, 6) is -4.17. The van der Waals surface area contributed by atoms with Gasteiger partial charge in [0.05, 0.1) is 77.6 Å². The number of aliphatic hydroxyl groups is 9. The molecule has 5 heterocycles. The van der Waals surface area contributed by atoms with E-state index in [9.17, 15) is 65.8 Å². The van der Waals surface area contributed by atoms with Gasteiger partial charge in [0.2, 0.25) is 6.29 Å². The number of rotatable bonds is 15. The topological polar surface area (TPSA) is 358 Å². The molecule has 0 unspecified atom stereocenters. The van der Waals surface area contributed by atoms with Gasteiger partial charge in [0.25, 0.3) is 0 Å². The van der Waals surface area contributed by atoms with Gasteiger partial charge >= 0.3 is 0 Å². The van der Waals surface area contributed by atoms with Crippen molar-refractivity contribution in [1.82, 2.24) is 0 Å². The summed E-state index contributed by atoms with van der Waals surface area (Å²) in [4.78, 5) is 28.8. The fraction of sp³-hybridized carbons (Fsp3) is 0.765. The quantitative estimate of drug-likeness (QED) is 0.107. The molecule has 5 aliphatic heterocycles. The first-order valence-electron chi connectivity index (χ1n) is 25.6. The molecule has 24 heteroatoms. The summed E-state index contributed by atoms with van der Waals surface area (Å²) < 4.78 is 66.2. The molecule has 0 spiro atoms. The Hall–Kier alpha value is -3.32. The summed E-state index contributed by atoms with van der Waals surface area (Å²) in [6, 6.07) is 4.18. The normalized spacial score (nSPS) is 42.9. The summed E-state index contributed by atoms with van der Waals surface area (Å²) in [7, 11) is 1.18. The number of ether oxygens (including phenoxy) is 11. The fourth-order valence-electron chi connectivity index (χ4n) is 11.2. The van der Waals surface area contributed by atoms with E-state index in [2.05, 4.69) is 0 Å². The smallest absolute Gasteiger partial charge is 0.202 e. The second-order valence-electron chi connectivity index (χ2n) is 21.3. The van der Waals surface area contributed by atoms with Crippen LogP contribution in [0.2, 0.25) is 0 Å². The number of phenolic OH excluding ortho intramolecular Hbond substituents is 2. The zero-order valence-electron chi connectivity index (χ0n) is 43.1. The average Bonchev–Trinajstić information content (AvgIpc) is 3.32. The molecule has 5 saturated heterocycles. The minimum Gasteiger partial charge on any atom is -0.507 e. The van der Waals surface area contributed by atoms with Gasteiger partial charge in [-0.3, -0.25) is 9.59 Å². The summed E-state index contributed by atoms with van der Waals surface area (Å²) in [5, 5.41) is 120. The van der Waals surface area contributed by atoms with E-state index >= 15 is 0 Å². The molecule has 1 aliphatic carbocycles. The SMILES string of the molecule is CO[C@H](C(=O)[C@@H](O)[C@@H](C)O)[C@@H]1Cc2cc3cc(O[C@H]4C[C@@H](O[C@H]5C[C@@H](O)[C@@H](O)[C@@H](C)O5)[C@@H](O)[C@@H](C)O4)cc(O)c3c(O)c2C(=O)[C@H]1O[C@H]1C[C@@H](O[C@H]2C[C@@H](O[C@H]3C[C@](C)(O)[C@H](O)[C@@H](C)O3)[C@H](O)[C@@H](C)O2)[C@H](O)[C@@H](C)O1. The van der Waals surface area contributed by atoms with Gasteiger partial charge in [0.15, 0.2) is 36.7 Å². The minimum absolute atomic E-state index is 0.0359. The number of phenols is 2. The van der Waals surface area contributed by atoms with E-state index in [-0.39, 0.29) is 66.2 Å². The molecule has 8 rings (SSSR count). The Morgan fingerprint density at radius 3 is 1.71 bits per heavy atom. The molecule has 0 amide bonds. The highest BCUT2D eigenvalue weighted by atomic mass is 16.7. The van der Waals surface area contributed by atoms with Gasteiger partial charge in [-0.1, -0.05) is 0 Å². The Morgan fingerprint density at radius 1 is 0.680 bits per heavy atom. The lowest BCUT2D eigenvalue weighted by molar-refractivity contribution is -0.334. The molecule has 6 aliphatic rings. The third-order valence-electron chi connectivity index (χ3n) is 15.5. The third-order valence-corrected chi connectivity index (χ3v) is 15.5. The standard InChI is InChI=1S/C51H74O24/c1-18(52)40(55)47(62)48(65-8)27-11-25-9-24-10-26(71-34-14-30(42(57)20(3)67-34)72-33-13-29(54)41(56)19(2)66-33)12-28(53)38(24)45(60)39(25)46(61)49(27)75-36-16-31(43(58)22(5)69-36)73-35-15-32(44(59)21(4)68-35)74-37-17-51(7,64)50(63)23(6)70-37/h9-10,12,18-23,27,29-37,40-44,48-50,52-60,63-64H,11,13-17H2,1-8H3/t18-,19-,20-,21-,22-,23-,27+,29-,30-,31-,32-,33+,34+,35+,36+,37+,40+,41+,42+,43-,44-,48+,49+,50-,51+/m1/s1. The molecule has 0 aromatic heterocycles. The molecule has 25 atom stereocenters. The Labute approximate surface area is 432 Å². The number of Topliss-reactive ketones (excluding diaryl/α,β-unsaturated/α-hetero) is 2. The molecule has 0 bridgehead atoms. The van der Waals surface area contributed by atoms with Crippen LogP contribution in [-0.4, -0.2) is 222 Å². The number of hydrogen-bond donors (Lipinski definition) is 11. The Balaban J connectivity index is 1.03. The van der Waals surface area contributed by atoms with Crippen molar-refractivity contribution in [2.75, 3.05) is 7.11 Å². The molecule has 11 N–H and O–H groups in total. The molecular formula is C51H74O24. The van der Waals surface area contributed by atoms with E-state index in [1.165, 1.54) is 46.1 Å². The van der Waals surface area contributed by atoms with Gasteiger partial charge in [-0.15, -0.1) is 0 Å². The molecule has 2 aromatic rings. The van der Waals surface area contributed by atoms with Crippen LogP contribution < -0.4 is 4.74 Å². The number of ketones is 2. The first kappa shape index (κ1) is 57.8. The number of carbonyl (C=O) groups is 2. The van der Waals surface area contributed by atoms with Crippen LogP contribution in [0.15, 0.2) is 18.2 Å². The largest absolute Gasteiger partial charge is 0.507 e. The van der Waals surface area contributed by atoms with Crippen LogP contribution in [0.3, 0.4) is 0 Å². The second kappa shape index (κ2) is 23.2. The molecule has 5 fully saturated rings. The van der Waals surface area contributed by atoms with Gasteiger partial charge in [-0.05, 0) is 78.0 Å². The fourth-order valence-corrected chi connectivity index (χ4v) is 11.2. The van der Waals surface area contributed by atoms with Crippen molar-refractivity contribution < 1.29 is 118 Å². The van der Waals surface area contributed by atoms with Gasteiger partial charge in [-0.25, -0.2) is 0 Å². The van der Waals surface area contributed by atoms with Crippen LogP contribution in [-0.2, 0) is 58.6 Å². The Morgan fingerprint density at radius 2 is 1.17 bits per heavy atom. The maximum Gasteiger partial charge on any atom is 0.202 e. The van der Waals surface area contributed by atoms with E-state index in [0.717, 1.165) is 0 Å². The van der Waals surface area contributed by atoms with Crippen LogP contribution >= 0.6 is 0 Å². The van der Waals surface area contributed by atoms with Crippen LogP contribution in [0.5, 0.6) is 17.2 Å². The Kier molecular flexibility index (Phi) is 17.9. The summed E-state index contributed by atoms with van der Waals surface area (Å²) in [6.45, 7) is 10.6. The maximum atomic E-state index is 14.9. The zero-order valence-corrected chi connectivity index (χ0v) is 43.1. The van der Waals surface area contributed by atoms with E-state index in [1.54, 1.807) is 27.7 Å². The van der Waals surface area contributed by atoms with Crippen LogP contribution in [0.1, 0.15) is 96.5 Å². The first-order chi connectivity index (χ1) is 35.3. The lowest BCUT2D eigenvalue weighted by atomic mass is 9.75. The number of hydrogen-bond acceptors (Lipinski definition) is 24. The number of aliphatic hydroxyl groups excluding tert-OH is 8. The molecule has 24 nitrogen and oxygen atoms in total. The summed E-state index contributed by atoms with van der Waals surface area (Å²) in [6.07, 6.45) is -26.9. The third kappa shape index (κ3) is 12.1. The van der Waals surface area contributed by atoms with Crippen LogP contribution in [0, 0.1) is 5.92 Å². The molecular weight excluding hydrogens is 997 g/mol. The van der Waals surface area contributed by atoms with Crippen molar-refractivity contribution in [3.8, 4) is 17.2 Å². The van der Waals surface area contributed by atoms with Crippen molar-refractivity contribution in [2.45, 2.75) is 234 Å². The van der Waals surface area contributed by atoms with E-state index < -0.39 is 176 Å². The van der Waals surface area contributed by atoms with Crippen molar-refractivity contribution in [3.05, 3.63) is 29.3 Å². The van der Waals surface area contributed by atoms with E-state index in [4.69, 9.17) is 52.1 Å². The van der Waals surface area contributed by atoms with Crippen LogP contribution in [0.4, 0.5) is 0 Å². The minimum atomic E-state index is -1.95. The maximum absolute atomic E-state index is 14.9. The van der Waals surface area contributed by atoms with Gasteiger partial charge in [-0.2, -0.15) is 0 Å². The lowest BCUT2D eigenvalue weighted by Gasteiger charge is -2.46. The van der Waals surface area contributed by atoms with Crippen molar-refractivity contribution in [3.63, 3.8) is 0 Å². The predicted molar refractivity (Wildman–Crippen MR) is 254 cm³/mol. The summed E-state index contributed by atoms with van der Waals surface area (Å²) in [5.41, 5.74) is -1.62. The number of benzene rings is 2. The zero-order chi connectivity index (χ0) is 54.7. The van der Waals surface area contributed by atoms with E-state index in [1.807, 2.05) is 0 Å². The van der Waals surface area contributed by atoms with Gasteiger partial charge in [0.1, 0.15) is 66.1 Å². The molecule has 75 heavy (non-hydrogen) atoms. The highest BCUT2D eigenvalue weighted by Crippen LogP contribution is 2.46. The van der Waals surface area contributed by atoms with Gasteiger partial charge < -0.3 is 108 Å².